The molecular formula is C43H30N2S2. The average molecular weight is 639 g/mol. The minimum absolute atomic E-state index is 0.0829. The van der Waals surface area contributed by atoms with Crippen molar-refractivity contribution in [3.63, 3.8) is 0 Å². The second-order valence-electron chi connectivity index (χ2n) is 12.7. The van der Waals surface area contributed by atoms with Gasteiger partial charge in [-0.25, -0.2) is 9.97 Å². The van der Waals surface area contributed by atoms with Crippen LogP contribution in [0.4, 0.5) is 0 Å². The van der Waals surface area contributed by atoms with Crippen LogP contribution in [0.25, 0.3) is 56.2 Å². The Labute approximate surface area is 284 Å². The molecule has 1 aliphatic heterocycles. The number of hydrogen-bond donors (Lipinski definition) is 0. The van der Waals surface area contributed by atoms with Crippen LogP contribution in [0.2, 0.25) is 0 Å². The predicted octanol–water partition coefficient (Wildman–Crippen LogP) is 12.1. The van der Waals surface area contributed by atoms with E-state index in [-0.39, 0.29) is 5.41 Å². The number of nitrogens with zero attached hydrogens (tertiary/aromatic N) is 2. The van der Waals surface area contributed by atoms with Crippen molar-refractivity contribution in [2.75, 3.05) is 0 Å². The van der Waals surface area contributed by atoms with Gasteiger partial charge in [0.15, 0.2) is 5.82 Å². The zero-order valence-electron chi connectivity index (χ0n) is 26.1. The number of rotatable bonds is 4. The van der Waals surface area contributed by atoms with Crippen LogP contribution < -0.4 is 0 Å². The van der Waals surface area contributed by atoms with Crippen LogP contribution in [0.15, 0.2) is 165 Å². The molecule has 0 unspecified atom stereocenters. The van der Waals surface area contributed by atoms with Crippen molar-refractivity contribution in [1.29, 1.82) is 0 Å². The largest absolute Gasteiger partial charge is 0.228 e. The Morgan fingerprint density at radius 1 is 0.404 bits per heavy atom. The second-order valence-corrected chi connectivity index (χ2v) is 14.8. The van der Waals surface area contributed by atoms with Gasteiger partial charge in [0.05, 0.1) is 11.4 Å². The van der Waals surface area contributed by atoms with Gasteiger partial charge in [0.1, 0.15) is 0 Å². The summed E-state index contributed by atoms with van der Waals surface area (Å²) in [6.45, 7) is 4.74. The predicted molar refractivity (Wildman–Crippen MR) is 196 cm³/mol. The molecule has 224 valence electrons. The van der Waals surface area contributed by atoms with Gasteiger partial charge in [0, 0.05) is 41.7 Å². The number of benzene rings is 6. The van der Waals surface area contributed by atoms with Crippen molar-refractivity contribution in [2.45, 2.75) is 38.8 Å². The molecule has 0 saturated heterocycles. The standard InChI is InChI=1S/C43H30N2S2/c1-43(2)34-23-31(21-22-32(34)33-24-40-41(25-35(33)43)47-39-16-10-9-15-38(39)46-40)27-17-19-29(20-18-27)37-26-36(28-11-5-3-6-12-28)44-42(45-37)30-13-7-4-8-14-30/h3-26H,1-2H3. The number of hydrogen-bond acceptors (Lipinski definition) is 4. The fourth-order valence-electron chi connectivity index (χ4n) is 6.84. The molecule has 4 heteroatoms. The van der Waals surface area contributed by atoms with E-state index >= 15 is 0 Å². The first-order chi connectivity index (χ1) is 23.0. The van der Waals surface area contributed by atoms with Crippen LogP contribution >= 0.6 is 23.5 Å². The Kier molecular flexibility index (Phi) is 6.70. The highest BCUT2D eigenvalue weighted by Gasteiger charge is 2.37. The first kappa shape index (κ1) is 28.3. The van der Waals surface area contributed by atoms with E-state index in [0.717, 1.165) is 33.9 Å². The molecule has 0 amide bonds. The summed E-state index contributed by atoms with van der Waals surface area (Å²) in [5, 5.41) is 0. The molecule has 2 aliphatic rings. The maximum Gasteiger partial charge on any atom is 0.160 e. The highest BCUT2D eigenvalue weighted by Crippen LogP contribution is 2.56. The lowest BCUT2D eigenvalue weighted by molar-refractivity contribution is 0.658. The topological polar surface area (TPSA) is 25.8 Å². The molecule has 0 saturated carbocycles. The monoisotopic (exact) mass is 638 g/mol. The van der Waals surface area contributed by atoms with Crippen molar-refractivity contribution >= 4 is 23.5 Å². The highest BCUT2D eigenvalue weighted by atomic mass is 32.2. The van der Waals surface area contributed by atoms with E-state index in [4.69, 9.17) is 9.97 Å². The molecule has 0 atom stereocenters. The van der Waals surface area contributed by atoms with E-state index in [0.29, 0.717) is 0 Å². The molecule has 1 aliphatic carbocycles. The van der Waals surface area contributed by atoms with Crippen LogP contribution in [0.5, 0.6) is 0 Å². The summed E-state index contributed by atoms with van der Waals surface area (Å²) in [5.74, 6) is 0.730. The Hall–Kier alpha value is -4.90. The zero-order valence-corrected chi connectivity index (χ0v) is 27.7. The highest BCUT2D eigenvalue weighted by molar-refractivity contribution is 8.05. The van der Waals surface area contributed by atoms with Gasteiger partial charge in [0.25, 0.3) is 0 Å². The lowest BCUT2D eigenvalue weighted by Crippen LogP contribution is -2.15. The fraction of sp³-hybridized carbons (Fsp3) is 0.0698. The van der Waals surface area contributed by atoms with Crippen molar-refractivity contribution in [3.8, 4) is 56.2 Å². The molecule has 0 spiro atoms. The van der Waals surface area contributed by atoms with Crippen molar-refractivity contribution in [1.82, 2.24) is 9.97 Å². The number of aromatic nitrogens is 2. The van der Waals surface area contributed by atoms with E-state index < -0.39 is 0 Å². The molecule has 0 N–H and O–H groups in total. The van der Waals surface area contributed by atoms with E-state index in [9.17, 15) is 0 Å². The smallest absolute Gasteiger partial charge is 0.160 e. The molecule has 0 bridgehead atoms. The van der Waals surface area contributed by atoms with Gasteiger partial charge in [-0.15, -0.1) is 0 Å². The second kappa shape index (κ2) is 11.1. The fourth-order valence-corrected chi connectivity index (χ4v) is 9.11. The third-order valence-electron chi connectivity index (χ3n) is 9.37. The van der Waals surface area contributed by atoms with Crippen LogP contribution in [0.1, 0.15) is 25.0 Å². The summed E-state index contributed by atoms with van der Waals surface area (Å²) in [6, 6.07) is 52.1. The minimum Gasteiger partial charge on any atom is -0.228 e. The molecule has 6 aromatic carbocycles. The lowest BCUT2D eigenvalue weighted by atomic mass is 9.81. The van der Waals surface area contributed by atoms with Crippen molar-refractivity contribution < 1.29 is 0 Å². The van der Waals surface area contributed by atoms with E-state index in [2.05, 4.69) is 135 Å². The average Bonchev–Trinajstić information content (AvgIpc) is 3.35. The van der Waals surface area contributed by atoms with Gasteiger partial charge in [-0.3, -0.25) is 0 Å². The zero-order chi connectivity index (χ0) is 31.5. The van der Waals surface area contributed by atoms with Crippen LogP contribution in [-0.2, 0) is 5.41 Å². The SMILES string of the molecule is CC1(C)c2cc(-c3ccc(-c4cc(-c5ccccc5)nc(-c5ccccc5)n4)cc3)ccc2-c2cc3c(cc21)Sc1ccccc1S3. The van der Waals surface area contributed by atoms with E-state index in [1.807, 2.05) is 47.8 Å². The van der Waals surface area contributed by atoms with Crippen LogP contribution in [0, 0.1) is 0 Å². The van der Waals surface area contributed by atoms with Gasteiger partial charge in [-0.1, -0.05) is 147 Å². The molecule has 1 aromatic heterocycles. The lowest BCUT2D eigenvalue weighted by Gasteiger charge is -2.24. The summed E-state index contributed by atoms with van der Waals surface area (Å²) in [4.78, 5) is 15.4. The Morgan fingerprint density at radius 3 is 1.57 bits per heavy atom. The molecule has 0 fully saturated rings. The quantitative estimate of drug-likeness (QED) is 0.192. The van der Waals surface area contributed by atoms with Crippen LogP contribution in [-0.4, -0.2) is 9.97 Å². The molecular weight excluding hydrogens is 609 g/mol. The molecule has 0 radical (unpaired) electrons. The van der Waals surface area contributed by atoms with E-state index in [1.165, 1.54) is 53.0 Å². The van der Waals surface area contributed by atoms with Crippen LogP contribution in [0.3, 0.4) is 0 Å². The summed E-state index contributed by atoms with van der Waals surface area (Å²) < 4.78 is 0. The van der Waals surface area contributed by atoms with Crippen molar-refractivity contribution in [3.05, 3.63) is 157 Å². The van der Waals surface area contributed by atoms with Gasteiger partial charge >= 0.3 is 0 Å². The summed E-state index contributed by atoms with van der Waals surface area (Å²) >= 11 is 3.79. The third kappa shape index (κ3) is 4.91. The molecule has 9 rings (SSSR count). The summed E-state index contributed by atoms with van der Waals surface area (Å²) in [6.07, 6.45) is 0. The molecule has 2 nitrogen and oxygen atoms in total. The summed E-state index contributed by atoms with van der Waals surface area (Å²) in [7, 11) is 0. The molecule has 7 aromatic rings. The van der Waals surface area contributed by atoms with Gasteiger partial charge in [-0.2, -0.15) is 0 Å². The first-order valence-electron chi connectivity index (χ1n) is 15.9. The Morgan fingerprint density at radius 2 is 0.915 bits per heavy atom. The maximum absolute atomic E-state index is 5.02. The van der Waals surface area contributed by atoms with Gasteiger partial charge in [-0.05, 0) is 69.8 Å². The first-order valence-corrected chi connectivity index (χ1v) is 17.5. The van der Waals surface area contributed by atoms with Gasteiger partial charge in [0.2, 0.25) is 0 Å². The summed E-state index contributed by atoms with van der Waals surface area (Å²) in [5.41, 5.74) is 12.9. The van der Waals surface area contributed by atoms with Crippen molar-refractivity contribution in [2.24, 2.45) is 0 Å². The Balaban J connectivity index is 1.07. The maximum atomic E-state index is 5.02. The normalized spacial score (nSPS) is 13.7. The molecule has 47 heavy (non-hydrogen) atoms. The molecule has 2 heterocycles. The Bertz CT molecular complexity index is 2250. The number of fused-ring (bicyclic) bond motifs is 5. The minimum atomic E-state index is -0.0829. The van der Waals surface area contributed by atoms with E-state index in [1.54, 1.807) is 0 Å². The van der Waals surface area contributed by atoms with Gasteiger partial charge < -0.3 is 0 Å². The third-order valence-corrected chi connectivity index (χ3v) is 11.9.